The number of nitrogens with zero attached hydrogens (tertiary/aromatic N) is 1. The standard InChI is InChI=1S/C45H35NSi2/c1-47(2)39-19-11-8-13-30(39)35-25-28(21-23-41(35)47)43-32-15-5-6-16-33(32)44(45-34-17-7-10-18-38(34)46-27-37(43)45)29-22-24-42-36(26-29)31-14-9-12-20-40(31)48(42,3)4/h5-27H,1-4H3. The first-order valence-electron chi connectivity index (χ1n) is 17.1. The number of benzene rings is 7. The lowest BCUT2D eigenvalue weighted by Gasteiger charge is -2.21. The predicted octanol–water partition coefficient (Wildman–Crippen LogP) is 9.48. The molecule has 0 radical (unpaired) electrons. The van der Waals surface area contributed by atoms with E-state index in [2.05, 4.69) is 166 Å². The normalized spacial score (nSPS) is 15.0. The molecule has 10 rings (SSSR count). The van der Waals surface area contributed by atoms with E-state index >= 15 is 0 Å². The summed E-state index contributed by atoms with van der Waals surface area (Å²) in [4.78, 5) is 5.09. The Hall–Kier alpha value is -5.10. The van der Waals surface area contributed by atoms with Gasteiger partial charge < -0.3 is 0 Å². The van der Waals surface area contributed by atoms with Gasteiger partial charge in [0.25, 0.3) is 0 Å². The highest BCUT2D eigenvalue weighted by molar-refractivity contribution is 7.04. The second-order valence-corrected chi connectivity index (χ2v) is 23.4. The summed E-state index contributed by atoms with van der Waals surface area (Å²) in [5, 5.41) is 12.4. The van der Waals surface area contributed by atoms with Crippen molar-refractivity contribution in [3.8, 4) is 44.5 Å². The Morgan fingerprint density at radius 2 is 0.854 bits per heavy atom. The van der Waals surface area contributed by atoms with E-state index in [1.54, 1.807) is 10.4 Å². The fourth-order valence-electron chi connectivity index (χ4n) is 9.16. The molecular formula is C45H35NSi2. The zero-order chi connectivity index (χ0) is 32.4. The molecular weight excluding hydrogens is 611 g/mol. The number of hydrogen-bond acceptors (Lipinski definition) is 1. The van der Waals surface area contributed by atoms with E-state index in [9.17, 15) is 0 Å². The Morgan fingerprint density at radius 1 is 0.396 bits per heavy atom. The highest BCUT2D eigenvalue weighted by Gasteiger charge is 2.38. The first kappa shape index (κ1) is 28.0. The van der Waals surface area contributed by atoms with Crippen LogP contribution in [0.25, 0.3) is 77.0 Å². The summed E-state index contributed by atoms with van der Waals surface area (Å²) < 4.78 is 0. The molecule has 0 bridgehead atoms. The van der Waals surface area contributed by atoms with Crippen molar-refractivity contribution in [3.05, 3.63) is 140 Å². The first-order chi connectivity index (χ1) is 23.3. The lowest BCUT2D eigenvalue weighted by atomic mass is 9.84. The van der Waals surface area contributed by atoms with Crippen LogP contribution in [0.15, 0.2) is 140 Å². The van der Waals surface area contributed by atoms with Crippen LogP contribution < -0.4 is 20.7 Å². The van der Waals surface area contributed by atoms with Crippen molar-refractivity contribution in [1.82, 2.24) is 4.98 Å². The quantitative estimate of drug-likeness (QED) is 0.104. The lowest BCUT2D eigenvalue weighted by Crippen LogP contribution is -2.49. The van der Waals surface area contributed by atoms with Crippen molar-refractivity contribution in [2.45, 2.75) is 26.2 Å². The molecule has 2 aliphatic rings. The molecule has 0 amide bonds. The third-order valence-corrected chi connectivity index (χ3v) is 18.6. The second-order valence-electron chi connectivity index (χ2n) is 14.7. The van der Waals surface area contributed by atoms with Gasteiger partial charge in [-0.3, -0.25) is 4.98 Å². The summed E-state index contributed by atoms with van der Waals surface area (Å²) >= 11 is 0. The minimum Gasteiger partial charge on any atom is -0.256 e. The number of para-hydroxylation sites is 1. The minimum absolute atomic E-state index is 1.03. The van der Waals surface area contributed by atoms with E-state index in [-0.39, 0.29) is 0 Å². The number of aromatic nitrogens is 1. The summed E-state index contributed by atoms with van der Waals surface area (Å²) in [6.07, 6.45) is 2.14. The summed E-state index contributed by atoms with van der Waals surface area (Å²) in [5.41, 5.74) is 11.8. The molecule has 1 aromatic heterocycles. The number of pyridine rings is 1. The molecule has 7 aromatic carbocycles. The van der Waals surface area contributed by atoms with Crippen LogP contribution in [0, 0.1) is 0 Å². The largest absolute Gasteiger partial charge is 0.256 e. The molecule has 0 saturated carbocycles. The SMILES string of the molecule is C[Si]1(C)c2ccccc2-c2cc(-c3c4ccccc4c(-c4ccc5c(c4)-c4ccccc4[Si]5(C)C)c4c3cnc3ccccc34)ccc21. The Labute approximate surface area is 283 Å². The molecule has 0 spiro atoms. The van der Waals surface area contributed by atoms with Gasteiger partial charge in [-0.15, -0.1) is 0 Å². The van der Waals surface area contributed by atoms with Crippen LogP contribution in [0.2, 0.25) is 26.2 Å². The van der Waals surface area contributed by atoms with Gasteiger partial charge in [-0.25, -0.2) is 0 Å². The summed E-state index contributed by atoms with van der Waals surface area (Å²) in [6.45, 7) is 9.97. The average molecular weight is 646 g/mol. The molecule has 0 atom stereocenters. The molecule has 0 unspecified atom stereocenters. The molecule has 2 aliphatic heterocycles. The monoisotopic (exact) mass is 645 g/mol. The number of rotatable bonds is 2. The van der Waals surface area contributed by atoms with Crippen LogP contribution in [0.4, 0.5) is 0 Å². The lowest BCUT2D eigenvalue weighted by molar-refractivity contribution is 1.45. The molecule has 228 valence electrons. The molecule has 8 aromatic rings. The Kier molecular flexibility index (Phi) is 5.67. The molecule has 0 saturated heterocycles. The van der Waals surface area contributed by atoms with Crippen molar-refractivity contribution in [2.24, 2.45) is 0 Å². The van der Waals surface area contributed by atoms with Crippen LogP contribution in [-0.2, 0) is 0 Å². The Balaban J connectivity index is 1.32. The zero-order valence-corrected chi connectivity index (χ0v) is 29.7. The molecule has 3 heteroatoms. The molecule has 0 N–H and O–H groups in total. The first-order valence-corrected chi connectivity index (χ1v) is 23.1. The Bertz CT molecular complexity index is 2680. The maximum Gasteiger partial charge on any atom is 0.113 e. The van der Waals surface area contributed by atoms with E-state index in [1.165, 1.54) is 81.8 Å². The summed E-state index contributed by atoms with van der Waals surface area (Å²) in [5.74, 6) is 0. The molecule has 0 fully saturated rings. The van der Waals surface area contributed by atoms with Crippen LogP contribution in [0.1, 0.15) is 0 Å². The molecule has 3 heterocycles. The van der Waals surface area contributed by atoms with Crippen LogP contribution in [-0.4, -0.2) is 21.1 Å². The van der Waals surface area contributed by atoms with Gasteiger partial charge in [-0.2, -0.15) is 0 Å². The van der Waals surface area contributed by atoms with E-state index in [1.807, 2.05) is 0 Å². The van der Waals surface area contributed by atoms with Gasteiger partial charge in [0.15, 0.2) is 0 Å². The van der Waals surface area contributed by atoms with Crippen LogP contribution >= 0.6 is 0 Å². The van der Waals surface area contributed by atoms with Crippen LogP contribution in [0.5, 0.6) is 0 Å². The van der Waals surface area contributed by atoms with Gasteiger partial charge >= 0.3 is 0 Å². The average Bonchev–Trinajstić information content (AvgIpc) is 3.49. The second kappa shape index (κ2) is 9.73. The van der Waals surface area contributed by atoms with Gasteiger partial charge in [-0.1, -0.05) is 141 Å². The van der Waals surface area contributed by atoms with Crippen molar-refractivity contribution < 1.29 is 0 Å². The fraction of sp³-hybridized carbons (Fsp3) is 0.0889. The van der Waals surface area contributed by atoms with Crippen molar-refractivity contribution >= 4 is 69.3 Å². The van der Waals surface area contributed by atoms with Gasteiger partial charge in [0.1, 0.15) is 16.1 Å². The maximum atomic E-state index is 5.09. The third-order valence-electron chi connectivity index (χ3n) is 11.5. The molecule has 0 aliphatic carbocycles. The number of fused-ring (bicyclic) bond motifs is 10. The van der Waals surface area contributed by atoms with Crippen molar-refractivity contribution in [2.75, 3.05) is 0 Å². The van der Waals surface area contributed by atoms with E-state index < -0.39 is 16.1 Å². The highest BCUT2D eigenvalue weighted by atomic mass is 28.3. The maximum absolute atomic E-state index is 5.09. The molecule has 48 heavy (non-hydrogen) atoms. The molecule has 1 nitrogen and oxygen atoms in total. The topological polar surface area (TPSA) is 12.9 Å². The van der Waals surface area contributed by atoms with Crippen molar-refractivity contribution in [3.63, 3.8) is 0 Å². The summed E-state index contributed by atoms with van der Waals surface area (Å²) in [6, 6.07) is 50.5. The van der Waals surface area contributed by atoms with E-state index in [0.29, 0.717) is 0 Å². The zero-order valence-electron chi connectivity index (χ0n) is 27.7. The number of hydrogen-bond donors (Lipinski definition) is 0. The van der Waals surface area contributed by atoms with Gasteiger partial charge in [0.2, 0.25) is 0 Å². The van der Waals surface area contributed by atoms with Gasteiger partial charge in [-0.05, 0) is 94.2 Å². The third kappa shape index (κ3) is 3.63. The summed E-state index contributed by atoms with van der Waals surface area (Å²) in [7, 11) is -3.52. The minimum atomic E-state index is -1.76. The van der Waals surface area contributed by atoms with Gasteiger partial charge in [0, 0.05) is 22.4 Å². The van der Waals surface area contributed by atoms with E-state index in [4.69, 9.17) is 4.98 Å². The Morgan fingerprint density at radius 3 is 1.46 bits per heavy atom. The van der Waals surface area contributed by atoms with Crippen molar-refractivity contribution in [1.29, 1.82) is 0 Å². The van der Waals surface area contributed by atoms with Gasteiger partial charge in [0.05, 0.1) is 5.52 Å². The fourth-order valence-corrected chi connectivity index (χ4v) is 15.3. The highest BCUT2D eigenvalue weighted by Crippen LogP contribution is 2.47. The predicted molar refractivity (Wildman–Crippen MR) is 212 cm³/mol. The van der Waals surface area contributed by atoms with Crippen LogP contribution in [0.3, 0.4) is 0 Å². The van der Waals surface area contributed by atoms with E-state index in [0.717, 1.165) is 5.52 Å². The smallest absolute Gasteiger partial charge is 0.113 e.